The molecule has 1 amide bonds. The van der Waals surface area contributed by atoms with Crippen LogP contribution in [-0.4, -0.2) is 22.9 Å². The Morgan fingerprint density at radius 2 is 1.96 bits per heavy atom. The van der Waals surface area contributed by atoms with Crippen molar-refractivity contribution in [2.75, 3.05) is 12.4 Å². The van der Waals surface area contributed by atoms with E-state index in [0.717, 1.165) is 11.6 Å². The average molecular weight is 392 g/mol. The quantitative estimate of drug-likeness (QED) is 0.683. The number of amides is 1. The second-order valence-corrected chi connectivity index (χ2v) is 6.53. The number of hydrogen-bond acceptors (Lipinski definition) is 5. The minimum atomic E-state index is -4.48. The number of aromatic nitrogens is 2. The highest BCUT2D eigenvalue weighted by molar-refractivity contribution is 7.19. The number of rotatable bonds is 5. The molecule has 3 rings (SSSR count). The number of hydrogen-bond donors (Lipinski definition) is 2. The van der Waals surface area contributed by atoms with Crippen molar-refractivity contribution in [2.24, 2.45) is 0 Å². The Balaban J connectivity index is 1.81. The van der Waals surface area contributed by atoms with E-state index < -0.39 is 17.6 Å². The number of carbonyl (C=O) groups is 1. The summed E-state index contributed by atoms with van der Waals surface area (Å²) >= 11 is 1.27. The van der Waals surface area contributed by atoms with Crippen LogP contribution in [0.4, 0.5) is 18.2 Å². The maximum absolute atomic E-state index is 13.1. The standard InChI is InChI=1S/C18H15F3N4OS/c1-22-17-14(25-16(27-17)12-6-4-8-23-9-12)15(26)24-10-11-5-2-3-7-13(11)18(19,20)21/h2-9,22H,10H2,1H3,(H,24,26). The topological polar surface area (TPSA) is 66.9 Å². The van der Waals surface area contributed by atoms with Gasteiger partial charge < -0.3 is 10.6 Å². The summed E-state index contributed by atoms with van der Waals surface area (Å²) in [6.45, 7) is -0.253. The lowest BCUT2D eigenvalue weighted by Gasteiger charge is -2.13. The number of benzene rings is 1. The average Bonchev–Trinajstić information content (AvgIpc) is 3.11. The van der Waals surface area contributed by atoms with Gasteiger partial charge in [0, 0.05) is 31.5 Å². The number of anilines is 1. The number of nitrogens with one attached hydrogen (secondary N) is 2. The van der Waals surface area contributed by atoms with Gasteiger partial charge in [0.15, 0.2) is 5.69 Å². The van der Waals surface area contributed by atoms with Crippen molar-refractivity contribution in [1.29, 1.82) is 0 Å². The molecule has 3 aromatic rings. The molecule has 0 aliphatic rings. The highest BCUT2D eigenvalue weighted by Crippen LogP contribution is 2.33. The molecule has 0 aliphatic carbocycles. The lowest BCUT2D eigenvalue weighted by molar-refractivity contribution is -0.138. The van der Waals surface area contributed by atoms with Gasteiger partial charge in [0.05, 0.1) is 5.56 Å². The molecule has 0 spiro atoms. The van der Waals surface area contributed by atoms with Crippen LogP contribution in [0.2, 0.25) is 0 Å². The van der Waals surface area contributed by atoms with Gasteiger partial charge in [-0.15, -0.1) is 0 Å². The Bertz CT molecular complexity index is 941. The molecule has 2 N–H and O–H groups in total. The van der Waals surface area contributed by atoms with Gasteiger partial charge in [0.25, 0.3) is 5.91 Å². The van der Waals surface area contributed by atoms with Crippen molar-refractivity contribution in [2.45, 2.75) is 12.7 Å². The monoisotopic (exact) mass is 392 g/mol. The van der Waals surface area contributed by atoms with Crippen LogP contribution in [0.25, 0.3) is 10.6 Å². The zero-order valence-electron chi connectivity index (χ0n) is 14.2. The lowest BCUT2D eigenvalue weighted by Crippen LogP contribution is -2.25. The Hall–Kier alpha value is -2.94. The first-order chi connectivity index (χ1) is 12.9. The van der Waals surface area contributed by atoms with Gasteiger partial charge in [-0.1, -0.05) is 29.5 Å². The summed E-state index contributed by atoms with van der Waals surface area (Å²) in [4.78, 5) is 20.8. The summed E-state index contributed by atoms with van der Waals surface area (Å²) in [5.41, 5.74) is 0.104. The molecule has 140 valence electrons. The smallest absolute Gasteiger partial charge is 0.378 e. The molecule has 0 saturated carbocycles. The number of thiazole rings is 1. The van der Waals surface area contributed by atoms with Crippen LogP contribution in [0.3, 0.4) is 0 Å². The third kappa shape index (κ3) is 4.25. The van der Waals surface area contributed by atoms with Gasteiger partial charge in [-0.05, 0) is 23.8 Å². The van der Waals surface area contributed by atoms with Crippen LogP contribution in [-0.2, 0) is 12.7 Å². The van der Waals surface area contributed by atoms with Gasteiger partial charge in [-0.25, -0.2) is 4.98 Å². The minimum absolute atomic E-state index is 0.00734. The van der Waals surface area contributed by atoms with E-state index in [0.29, 0.717) is 10.0 Å². The summed E-state index contributed by atoms with van der Waals surface area (Å²) in [6.07, 6.45) is -1.23. The highest BCUT2D eigenvalue weighted by Gasteiger charge is 2.33. The molecule has 0 atom stereocenters. The van der Waals surface area contributed by atoms with Crippen molar-refractivity contribution in [1.82, 2.24) is 15.3 Å². The fraction of sp³-hybridized carbons (Fsp3) is 0.167. The van der Waals surface area contributed by atoms with E-state index in [-0.39, 0.29) is 17.8 Å². The highest BCUT2D eigenvalue weighted by atomic mass is 32.1. The van der Waals surface area contributed by atoms with Crippen molar-refractivity contribution >= 4 is 22.2 Å². The van der Waals surface area contributed by atoms with E-state index in [1.807, 2.05) is 6.07 Å². The van der Waals surface area contributed by atoms with E-state index >= 15 is 0 Å². The first-order valence-corrected chi connectivity index (χ1v) is 8.74. The SMILES string of the molecule is CNc1sc(-c2cccnc2)nc1C(=O)NCc1ccccc1C(F)(F)F. The lowest BCUT2D eigenvalue weighted by atomic mass is 10.1. The summed E-state index contributed by atoms with van der Waals surface area (Å²) in [5.74, 6) is -0.553. The van der Waals surface area contributed by atoms with E-state index in [2.05, 4.69) is 20.6 Å². The van der Waals surface area contributed by atoms with Gasteiger partial charge in [-0.3, -0.25) is 9.78 Å². The molecule has 5 nitrogen and oxygen atoms in total. The van der Waals surface area contributed by atoms with Crippen molar-refractivity contribution in [3.8, 4) is 10.6 Å². The number of alkyl halides is 3. The number of pyridine rings is 1. The fourth-order valence-corrected chi connectivity index (χ4v) is 3.37. The van der Waals surface area contributed by atoms with Gasteiger partial charge >= 0.3 is 6.18 Å². The third-order valence-electron chi connectivity index (χ3n) is 3.74. The first kappa shape index (κ1) is 18.8. The molecule has 0 fully saturated rings. The van der Waals surface area contributed by atoms with E-state index in [9.17, 15) is 18.0 Å². The maximum atomic E-state index is 13.1. The minimum Gasteiger partial charge on any atom is -0.378 e. The van der Waals surface area contributed by atoms with Crippen LogP contribution >= 0.6 is 11.3 Å². The molecule has 0 saturated heterocycles. The molecular weight excluding hydrogens is 377 g/mol. The predicted molar refractivity (Wildman–Crippen MR) is 97.5 cm³/mol. The molecule has 0 radical (unpaired) electrons. The molecule has 2 heterocycles. The summed E-state index contributed by atoms with van der Waals surface area (Å²) in [5, 5.41) is 6.53. The Kier molecular flexibility index (Phi) is 5.41. The molecule has 9 heteroatoms. The first-order valence-electron chi connectivity index (χ1n) is 7.92. The normalized spacial score (nSPS) is 11.3. The van der Waals surface area contributed by atoms with Crippen LogP contribution in [0.15, 0.2) is 48.8 Å². The molecule has 1 aromatic carbocycles. The molecule has 2 aromatic heterocycles. The Morgan fingerprint density at radius 3 is 2.63 bits per heavy atom. The largest absolute Gasteiger partial charge is 0.416 e. The zero-order chi connectivity index (χ0) is 19.4. The van der Waals surface area contributed by atoms with E-state index in [1.54, 1.807) is 25.5 Å². The second-order valence-electron chi connectivity index (χ2n) is 5.53. The zero-order valence-corrected chi connectivity index (χ0v) is 15.0. The number of nitrogens with zero attached hydrogens (tertiary/aromatic N) is 2. The third-order valence-corrected chi connectivity index (χ3v) is 4.86. The van der Waals surface area contributed by atoms with Gasteiger partial charge in [0.2, 0.25) is 0 Å². The van der Waals surface area contributed by atoms with Gasteiger partial charge in [-0.2, -0.15) is 13.2 Å². The van der Waals surface area contributed by atoms with Crippen LogP contribution in [0.1, 0.15) is 21.6 Å². The van der Waals surface area contributed by atoms with E-state index in [4.69, 9.17) is 0 Å². The van der Waals surface area contributed by atoms with E-state index in [1.165, 1.54) is 29.5 Å². The maximum Gasteiger partial charge on any atom is 0.416 e. The molecule has 27 heavy (non-hydrogen) atoms. The van der Waals surface area contributed by atoms with Crippen molar-refractivity contribution in [3.63, 3.8) is 0 Å². The van der Waals surface area contributed by atoms with Crippen LogP contribution < -0.4 is 10.6 Å². The predicted octanol–water partition coefficient (Wildman–Crippen LogP) is 4.20. The van der Waals surface area contributed by atoms with Crippen LogP contribution in [0, 0.1) is 0 Å². The second kappa shape index (κ2) is 7.75. The molecule has 0 aliphatic heterocycles. The molecule has 0 bridgehead atoms. The summed E-state index contributed by atoms with van der Waals surface area (Å²) < 4.78 is 39.2. The summed E-state index contributed by atoms with van der Waals surface area (Å²) in [7, 11) is 1.65. The Morgan fingerprint density at radius 1 is 1.19 bits per heavy atom. The van der Waals surface area contributed by atoms with Crippen LogP contribution in [0.5, 0.6) is 0 Å². The Labute approximate surface area is 157 Å². The van der Waals surface area contributed by atoms with Crippen molar-refractivity contribution < 1.29 is 18.0 Å². The van der Waals surface area contributed by atoms with Gasteiger partial charge in [0.1, 0.15) is 10.0 Å². The number of carbonyl (C=O) groups excluding carboxylic acids is 1. The summed E-state index contributed by atoms with van der Waals surface area (Å²) in [6, 6.07) is 8.71. The molecule has 0 unspecified atom stereocenters. The van der Waals surface area contributed by atoms with Crippen molar-refractivity contribution in [3.05, 3.63) is 65.6 Å². The fourth-order valence-electron chi connectivity index (χ4n) is 2.47. The molecular formula is C18H15F3N4OS. The number of halogens is 3.